The van der Waals surface area contributed by atoms with Crippen molar-refractivity contribution in [2.45, 2.75) is 37.9 Å². The van der Waals surface area contributed by atoms with Crippen LogP contribution in [0.4, 0.5) is 0 Å². The fourth-order valence-electron chi connectivity index (χ4n) is 2.67. The van der Waals surface area contributed by atoms with Gasteiger partial charge in [-0.1, -0.05) is 56.3 Å². The van der Waals surface area contributed by atoms with E-state index >= 15 is 0 Å². The average molecular weight is 489 g/mol. The van der Waals surface area contributed by atoms with Gasteiger partial charge in [0.05, 0.1) is 5.75 Å². The first-order chi connectivity index (χ1) is 15.6. The number of nitrogens with one attached hydrogen (secondary N) is 2. The van der Waals surface area contributed by atoms with Crippen LogP contribution in [0.3, 0.4) is 0 Å². The highest BCUT2D eigenvalue weighted by Crippen LogP contribution is 2.24. The lowest BCUT2D eigenvalue weighted by molar-refractivity contribution is -0.119. The summed E-state index contributed by atoms with van der Waals surface area (Å²) in [7, 11) is 0. The van der Waals surface area contributed by atoms with Crippen molar-refractivity contribution in [2.24, 2.45) is 0 Å². The molecule has 0 saturated heterocycles. The van der Waals surface area contributed by atoms with E-state index in [1.807, 2.05) is 24.3 Å². The summed E-state index contributed by atoms with van der Waals surface area (Å²) in [5, 5.41) is 8.86. The van der Waals surface area contributed by atoms with Gasteiger partial charge in [-0.25, -0.2) is 4.68 Å². The zero-order chi connectivity index (χ0) is 24.0. The number of nitrogens with zero attached hydrogens (tertiary/aromatic N) is 3. The van der Waals surface area contributed by atoms with Crippen LogP contribution in [0.5, 0.6) is 5.75 Å². The average Bonchev–Trinajstić information content (AvgIpc) is 3.14. The van der Waals surface area contributed by atoms with Crippen molar-refractivity contribution in [1.29, 1.82) is 0 Å². The molecule has 0 spiro atoms. The van der Waals surface area contributed by atoms with Gasteiger partial charge in [0, 0.05) is 10.6 Å². The summed E-state index contributed by atoms with van der Waals surface area (Å²) in [6.07, 6.45) is 0. The maximum Gasteiger partial charge on any atom is 0.269 e. The standard InChI is InChI=1S/C22H25ClN6O3S/c1-22(2,3)15-6-10-17(11-7-15)32-12-18-25-28-21(29(18)24)33-13-19(30)26-27-20(31)14-4-8-16(23)9-5-14/h4-11H,12-13,24H2,1-3H3,(H,26,30)(H,27,31). The second-order valence-corrected chi connectivity index (χ2v) is 9.51. The number of nitrogen functional groups attached to an aromatic ring is 1. The Balaban J connectivity index is 1.46. The second kappa shape index (κ2) is 10.6. The largest absolute Gasteiger partial charge is 0.486 e. The highest BCUT2D eigenvalue weighted by Gasteiger charge is 2.15. The number of amides is 2. The van der Waals surface area contributed by atoms with Crippen molar-refractivity contribution in [2.75, 3.05) is 11.6 Å². The van der Waals surface area contributed by atoms with E-state index < -0.39 is 11.8 Å². The fraction of sp³-hybridized carbons (Fsp3) is 0.273. The highest BCUT2D eigenvalue weighted by molar-refractivity contribution is 7.99. The second-order valence-electron chi connectivity index (χ2n) is 8.13. The molecule has 0 atom stereocenters. The molecule has 0 bridgehead atoms. The van der Waals surface area contributed by atoms with E-state index in [1.165, 1.54) is 10.2 Å². The summed E-state index contributed by atoms with van der Waals surface area (Å²) < 4.78 is 7.02. The Hall–Kier alpha value is -3.24. The number of hydrazine groups is 1. The first kappa shape index (κ1) is 24.4. The minimum Gasteiger partial charge on any atom is -0.486 e. The third-order valence-corrected chi connectivity index (χ3v) is 5.77. The number of halogens is 1. The number of rotatable bonds is 7. The van der Waals surface area contributed by atoms with Gasteiger partial charge in [-0.15, -0.1) is 10.2 Å². The molecule has 2 aromatic carbocycles. The van der Waals surface area contributed by atoms with Gasteiger partial charge in [-0.3, -0.25) is 20.4 Å². The number of carbonyl (C=O) groups is 2. The molecule has 1 aromatic heterocycles. The van der Waals surface area contributed by atoms with Gasteiger partial charge in [0.1, 0.15) is 12.4 Å². The molecular weight excluding hydrogens is 464 g/mol. The Morgan fingerprint density at radius 2 is 1.73 bits per heavy atom. The predicted molar refractivity (Wildman–Crippen MR) is 127 cm³/mol. The van der Waals surface area contributed by atoms with Crippen molar-refractivity contribution >= 4 is 35.2 Å². The maximum atomic E-state index is 12.0. The molecular formula is C22H25ClN6O3S. The van der Waals surface area contributed by atoms with Gasteiger partial charge in [0.15, 0.2) is 5.82 Å². The van der Waals surface area contributed by atoms with E-state index in [2.05, 4.69) is 41.8 Å². The lowest BCUT2D eigenvalue weighted by Gasteiger charge is -2.19. The molecule has 0 fully saturated rings. The van der Waals surface area contributed by atoms with Crippen LogP contribution >= 0.6 is 23.4 Å². The van der Waals surface area contributed by atoms with E-state index in [0.717, 1.165) is 11.8 Å². The summed E-state index contributed by atoms with van der Waals surface area (Å²) in [4.78, 5) is 24.1. The molecule has 174 valence electrons. The Morgan fingerprint density at radius 3 is 2.36 bits per heavy atom. The number of aromatic nitrogens is 3. The van der Waals surface area contributed by atoms with Gasteiger partial charge < -0.3 is 10.6 Å². The van der Waals surface area contributed by atoms with E-state index in [-0.39, 0.29) is 17.8 Å². The lowest BCUT2D eigenvalue weighted by atomic mass is 9.87. The number of hydrogen-bond acceptors (Lipinski definition) is 7. The van der Waals surface area contributed by atoms with Gasteiger partial charge in [-0.05, 0) is 47.4 Å². The number of ether oxygens (including phenoxy) is 1. The van der Waals surface area contributed by atoms with Crippen LogP contribution in [0, 0.1) is 0 Å². The van der Waals surface area contributed by atoms with E-state index in [9.17, 15) is 9.59 Å². The molecule has 0 radical (unpaired) electrons. The molecule has 1 heterocycles. The van der Waals surface area contributed by atoms with Crippen LogP contribution in [0.15, 0.2) is 53.7 Å². The van der Waals surface area contributed by atoms with Crippen LogP contribution in [0.1, 0.15) is 42.5 Å². The molecule has 0 aliphatic rings. The molecule has 4 N–H and O–H groups in total. The Labute approximate surface area is 201 Å². The first-order valence-corrected chi connectivity index (χ1v) is 11.4. The maximum absolute atomic E-state index is 12.0. The third-order valence-electron chi connectivity index (χ3n) is 4.58. The SMILES string of the molecule is CC(C)(C)c1ccc(OCc2nnc(SCC(=O)NNC(=O)c3ccc(Cl)cc3)n2N)cc1. The third kappa shape index (κ3) is 6.87. The Kier molecular flexibility index (Phi) is 7.83. The zero-order valence-electron chi connectivity index (χ0n) is 18.5. The molecule has 3 rings (SSSR count). The summed E-state index contributed by atoms with van der Waals surface area (Å²) >= 11 is 6.87. The van der Waals surface area contributed by atoms with Gasteiger partial charge >= 0.3 is 0 Å². The lowest BCUT2D eigenvalue weighted by Crippen LogP contribution is -2.42. The van der Waals surface area contributed by atoms with E-state index in [0.29, 0.717) is 27.3 Å². The van der Waals surface area contributed by atoms with Crippen molar-refractivity contribution in [3.63, 3.8) is 0 Å². The molecule has 0 unspecified atom stereocenters. The van der Waals surface area contributed by atoms with Crippen molar-refractivity contribution in [3.05, 3.63) is 70.5 Å². The normalized spacial score (nSPS) is 11.2. The van der Waals surface area contributed by atoms with Gasteiger partial charge in [0.2, 0.25) is 11.1 Å². The van der Waals surface area contributed by atoms with Crippen LogP contribution in [-0.4, -0.2) is 32.4 Å². The predicted octanol–water partition coefficient (Wildman–Crippen LogP) is 3.08. The van der Waals surface area contributed by atoms with E-state index in [1.54, 1.807) is 24.3 Å². The first-order valence-electron chi connectivity index (χ1n) is 10.0. The number of carbonyl (C=O) groups excluding carboxylic acids is 2. The molecule has 3 aromatic rings. The minimum atomic E-state index is -0.457. The zero-order valence-corrected chi connectivity index (χ0v) is 20.0. The van der Waals surface area contributed by atoms with Crippen LogP contribution < -0.4 is 21.4 Å². The Morgan fingerprint density at radius 1 is 1.06 bits per heavy atom. The monoisotopic (exact) mass is 488 g/mol. The Bertz CT molecular complexity index is 1110. The van der Waals surface area contributed by atoms with Crippen LogP contribution in [0.25, 0.3) is 0 Å². The van der Waals surface area contributed by atoms with Crippen molar-refractivity contribution in [1.82, 2.24) is 25.7 Å². The van der Waals surface area contributed by atoms with Crippen LogP contribution in [-0.2, 0) is 16.8 Å². The molecule has 0 aliphatic carbocycles. The topological polar surface area (TPSA) is 124 Å². The summed E-state index contributed by atoms with van der Waals surface area (Å²) in [5.74, 6) is 6.22. The quantitative estimate of drug-likeness (QED) is 0.265. The van der Waals surface area contributed by atoms with Gasteiger partial charge in [0.25, 0.3) is 5.91 Å². The minimum absolute atomic E-state index is 0.0225. The summed E-state index contributed by atoms with van der Waals surface area (Å²) in [6.45, 7) is 6.56. The summed E-state index contributed by atoms with van der Waals surface area (Å²) in [6, 6.07) is 14.1. The van der Waals surface area contributed by atoms with Crippen molar-refractivity contribution < 1.29 is 14.3 Å². The van der Waals surface area contributed by atoms with Crippen molar-refractivity contribution in [3.8, 4) is 5.75 Å². The fourth-order valence-corrected chi connectivity index (χ4v) is 3.47. The molecule has 0 saturated carbocycles. The summed E-state index contributed by atoms with van der Waals surface area (Å²) in [5.41, 5.74) is 6.31. The van der Waals surface area contributed by atoms with Crippen LogP contribution in [0.2, 0.25) is 5.02 Å². The molecule has 11 heteroatoms. The number of nitrogens with two attached hydrogens (primary N) is 1. The van der Waals surface area contributed by atoms with E-state index in [4.69, 9.17) is 22.2 Å². The molecule has 33 heavy (non-hydrogen) atoms. The molecule has 9 nitrogen and oxygen atoms in total. The van der Waals surface area contributed by atoms with Gasteiger partial charge in [-0.2, -0.15) is 0 Å². The number of hydrogen-bond donors (Lipinski definition) is 3. The number of thioether (sulfide) groups is 1. The number of benzene rings is 2. The smallest absolute Gasteiger partial charge is 0.269 e. The molecule has 2 amide bonds. The highest BCUT2D eigenvalue weighted by atomic mass is 35.5. The molecule has 0 aliphatic heterocycles.